The number of hydrogen-bond donors (Lipinski definition) is 2. The van der Waals surface area contributed by atoms with E-state index in [-0.39, 0.29) is 11.9 Å². The molecule has 0 radical (unpaired) electrons. The largest absolute Gasteiger partial charge is 0.350 e. The van der Waals surface area contributed by atoms with Crippen LogP contribution in [0, 0.1) is 0 Å². The first-order chi connectivity index (χ1) is 14.2. The molecule has 5 rings (SSSR count). The van der Waals surface area contributed by atoms with Gasteiger partial charge in [-0.1, -0.05) is 18.2 Å². The van der Waals surface area contributed by atoms with E-state index >= 15 is 0 Å². The molecule has 2 aliphatic heterocycles. The molecule has 1 saturated heterocycles. The lowest BCUT2D eigenvalue weighted by Gasteiger charge is -2.28. The summed E-state index contributed by atoms with van der Waals surface area (Å²) in [4.78, 5) is 21.4. The van der Waals surface area contributed by atoms with Crippen LogP contribution in [0.15, 0.2) is 71.6 Å². The van der Waals surface area contributed by atoms with Crippen molar-refractivity contribution in [3.63, 3.8) is 0 Å². The molecule has 1 aromatic carbocycles. The topological polar surface area (TPSA) is 96.5 Å². The van der Waals surface area contributed by atoms with Crippen LogP contribution in [0.25, 0.3) is 22.2 Å². The van der Waals surface area contributed by atoms with Crippen LogP contribution in [0.5, 0.6) is 0 Å². The van der Waals surface area contributed by atoms with Crippen LogP contribution >= 0.6 is 0 Å². The van der Waals surface area contributed by atoms with Crippen LogP contribution in [0.3, 0.4) is 0 Å². The number of carbonyl (C=O) groups is 1. The van der Waals surface area contributed by atoms with Crippen LogP contribution in [-0.2, 0) is 4.79 Å². The Labute approximate surface area is 168 Å². The number of nitrogens with one attached hydrogen (secondary N) is 1. The Kier molecular flexibility index (Phi) is 4.29. The molecule has 144 valence electrons. The predicted octanol–water partition coefficient (Wildman–Crippen LogP) is 1.70. The minimum atomic E-state index is -0.0636. The van der Waals surface area contributed by atoms with Crippen molar-refractivity contribution in [3.8, 4) is 11.3 Å². The van der Waals surface area contributed by atoms with Gasteiger partial charge in [-0.25, -0.2) is 0 Å². The fraction of sp³-hybridized carbons (Fsp3) is 0.182. The number of benzene rings is 1. The van der Waals surface area contributed by atoms with Gasteiger partial charge in [0.25, 0.3) is 0 Å². The van der Waals surface area contributed by atoms with Crippen molar-refractivity contribution in [1.29, 1.82) is 0 Å². The summed E-state index contributed by atoms with van der Waals surface area (Å²) in [6.45, 7) is 1.40. The lowest BCUT2D eigenvalue weighted by Crippen LogP contribution is -2.43. The Hall–Kier alpha value is -3.58. The first-order valence-corrected chi connectivity index (χ1v) is 9.57. The third-order valence-corrected chi connectivity index (χ3v) is 5.30. The van der Waals surface area contributed by atoms with Gasteiger partial charge in [-0.3, -0.25) is 19.8 Å². The minimum absolute atomic E-state index is 0.0221. The highest BCUT2D eigenvalue weighted by molar-refractivity contribution is 6.13. The van der Waals surface area contributed by atoms with Crippen molar-refractivity contribution in [2.45, 2.75) is 6.04 Å². The van der Waals surface area contributed by atoms with E-state index in [1.54, 1.807) is 6.20 Å². The number of aromatic nitrogens is 2. The molecule has 1 atom stereocenters. The second kappa shape index (κ2) is 7.10. The maximum Gasteiger partial charge on any atom is 0.249 e. The van der Waals surface area contributed by atoms with Gasteiger partial charge in [-0.15, -0.1) is 0 Å². The minimum Gasteiger partial charge on any atom is -0.350 e. The molecule has 0 aliphatic carbocycles. The fourth-order valence-electron chi connectivity index (χ4n) is 3.67. The van der Waals surface area contributed by atoms with Gasteiger partial charge in [0.05, 0.1) is 29.5 Å². The van der Waals surface area contributed by atoms with Crippen molar-refractivity contribution in [2.75, 3.05) is 19.6 Å². The van der Waals surface area contributed by atoms with Gasteiger partial charge >= 0.3 is 0 Å². The molecule has 1 fully saturated rings. The van der Waals surface area contributed by atoms with E-state index in [0.717, 1.165) is 33.4 Å². The average molecular weight is 384 g/mol. The highest BCUT2D eigenvalue weighted by Crippen LogP contribution is 2.24. The van der Waals surface area contributed by atoms with Crippen molar-refractivity contribution in [1.82, 2.24) is 20.3 Å². The number of nitrogens with two attached hydrogens (primary N) is 1. The van der Waals surface area contributed by atoms with Gasteiger partial charge < -0.3 is 11.1 Å². The molecule has 1 amide bonds. The summed E-state index contributed by atoms with van der Waals surface area (Å²) in [5.74, 6) is -0.0636. The van der Waals surface area contributed by atoms with Crippen LogP contribution in [0.4, 0.5) is 0 Å². The highest BCUT2D eigenvalue weighted by Gasteiger charge is 2.28. The Morgan fingerprint density at radius 3 is 2.93 bits per heavy atom. The summed E-state index contributed by atoms with van der Waals surface area (Å²) >= 11 is 0. The van der Waals surface area contributed by atoms with Crippen LogP contribution in [0.2, 0.25) is 0 Å². The normalized spacial score (nSPS) is 18.7. The maximum atomic E-state index is 12.4. The summed E-state index contributed by atoms with van der Waals surface area (Å²) in [6.07, 6.45) is 5.44. The van der Waals surface area contributed by atoms with E-state index in [0.29, 0.717) is 25.2 Å². The third-order valence-electron chi connectivity index (χ3n) is 5.30. The van der Waals surface area contributed by atoms with Gasteiger partial charge in [-0.2, -0.15) is 5.10 Å². The maximum absolute atomic E-state index is 12.4. The highest BCUT2D eigenvalue weighted by atomic mass is 16.1. The molecule has 3 N–H and O–H groups in total. The monoisotopic (exact) mass is 384 g/mol. The average Bonchev–Trinajstić information content (AvgIpc) is 2.89. The third kappa shape index (κ3) is 3.25. The SMILES string of the molecule is NCC1CNC(=O)C2=CC(c3ccnc(-c4cnc5ccccc5c4)c3)=NN1C2. The first-order valence-electron chi connectivity index (χ1n) is 9.57. The van der Waals surface area contributed by atoms with E-state index in [1.807, 2.05) is 53.7 Å². The zero-order valence-corrected chi connectivity index (χ0v) is 15.7. The van der Waals surface area contributed by atoms with Gasteiger partial charge in [0.2, 0.25) is 5.91 Å². The molecule has 1 unspecified atom stereocenters. The Balaban J connectivity index is 1.55. The van der Waals surface area contributed by atoms with Crippen molar-refractivity contribution >= 4 is 22.5 Å². The number of pyridine rings is 2. The van der Waals surface area contributed by atoms with E-state index in [1.165, 1.54) is 0 Å². The fourth-order valence-corrected chi connectivity index (χ4v) is 3.67. The number of amides is 1. The van der Waals surface area contributed by atoms with Crippen molar-refractivity contribution in [3.05, 3.63) is 72.1 Å². The summed E-state index contributed by atoms with van der Waals surface area (Å²) in [6, 6.07) is 13.9. The van der Waals surface area contributed by atoms with Crippen LogP contribution in [0.1, 0.15) is 5.56 Å². The smallest absolute Gasteiger partial charge is 0.249 e. The zero-order valence-electron chi connectivity index (χ0n) is 15.7. The predicted molar refractivity (Wildman–Crippen MR) is 112 cm³/mol. The van der Waals surface area contributed by atoms with Gasteiger partial charge in [0.15, 0.2) is 0 Å². The summed E-state index contributed by atoms with van der Waals surface area (Å²) in [5, 5.41) is 10.6. The molecule has 2 bridgehead atoms. The zero-order chi connectivity index (χ0) is 19.8. The molecule has 7 nitrogen and oxygen atoms in total. The lowest BCUT2D eigenvalue weighted by molar-refractivity contribution is -0.117. The number of nitrogens with zero attached hydrogens (tertiary/aromatic N) is 4. The quantitative estimate of drug-likeness (QED) is 0.716. The number of fused-ring (bicyclic) bond motifs is 3. The van der Waals surface area contributed by atoms with E-state index in [2.05, 4.69) is 21.4 Å². The summed E-state index contributed by atoms with van der Waals surface area (Å²) < 4.78 is 0. The Morgan fingerprint density at radius 2 is 2.03 bits per heavy atom. The lowest BCUT2D eigenvalue weighted by atomic mass is 10.0. The molecular formula is C22H20N6O. The van der Waals surface area contributed by atoms with Gasteiger partial charge in [0.1, 0.15) is 0 Å². The number of allylic oxidation sites excluding steroid dienone is 1. The Bertz CT molecular complexity index is 1170. The first kappa shape index (κ1) is 17.5. The molecule has 29 heavy (non-hydrogen) atoms. The molecular weight excluding hydrogens is 364 g/mol. The number of hydrogen-bond acceptors (Lipinski definition) is 6. The number of rotatable bonds is 3. The number of carbonyl (C=O) groups excluding carboxylic acids is 1. The van der Waals surface area contributed by atoms with Gasteiger partial charge in [0, 0.05) is 47.6 Å². The van der Waals surface area contributed by atoms with Crippen molar-refractivity contribution in [2.24, 2.45) is 10.8 Å². The van der Waals surface area contributed by atoms with E-state index < -0.39 is 0 Å². The van der Waals surface area contributed by atoms with Gasteiger partial charge in [-0.05, 0) is 30.3 Å². The molecule has 3 aromatic rings. The molecule has 4 heterocycles. The standard InChI is InChI=1S/C22H20N6O/c23-10-18-12-26-22(29)17-9-21(27-28(18)13-17)15-5-6-24-20(8-15)16-7-14-3-1-2-4-19(14)25-11-16/h1-9,11,18H,10,12-13,23H2,(H,26,29). The van der Waals surface area contributed by atoms with Crippen molar-refractivity contribution < 1.29 is 4.79 Å². The molecule has 2 aromatic heterocycles. The summed E-state index contributed by atoms with van der Waals surface area (Å²) in [7, 11) is 0. The molecule has 0 spiro atoms. The molecule has 0 saturated carbocycles. The Morgan fingerprint density at radius 1 is 1.14 bits per heavy atom. The molecule has 2 aliphatic rings. The number of hydrazone groups is 1. The second-order valence-electron chi connectivity index (χ2n) is 7.20. The van der Waals surface area contributed by atoms with E-state index in [9.17, 15) is 4.79 Å². The van der Waals surface area contributed by atoms with Crippen LogP contribution < -0.4 is 11.1 Å². The number of para-hydroxylation sites is 1. The van der Waals surface area contributed by atoms with E-state index in [4.69, 9.17) is 10.8 Å². The molecule has 7 heteroatoms. The second-order valence-corrected chi connectivity index (χ2v) is 7.20. The summed E-state index contributed by atoms with van der Waals surface area (Å²) in [5.41, 5.74) is 10.9. The van der Waals surface area contributed by atoms with Crippen LogP contribution in [-0.4, -0.2) is 52.3 Å².